The number of hydrogen-bond donors (Lipinski definition) is 1. The summed E-state index contributed by atoms with van der Waals surface area (Å²) in [7, 11) is 1.61. The van der Waals surface area contributed by atoms with Crippen molar-refractivity contribution < 1.29 is 9.53 Å². The number of carbonyl (C=O) groups excluding carboxylic acids is 1. The molecule has 1 rings (SSSR count). The molecule has 0 amide bonds. The molecule has 3 nitrogen and oxygen atoms in total. The molecule has 0 bridgehead atoms. The van der Waals surface area contributed by atoms with E-state index in [9.17, 15) is 4.79 Å². The Morgan fingerprint density at radius 3 is 2.88 bits per heavy atom. The monoisotopic (exact) mass is 319 g/mol. The van der Waals surface area contributed by atoms with E-state index in [1.54, 1.807) is 25.3 Å². The highest BCUT2D eigenvalue weighted by Gasteiger charge is 2.14. The van der Waals surface area contributed by atoms with Crippen LogP contribution in [-0.4, -0.2) is 25.5 Å². The van der Waals surface area contributed by atoms with E-state index >= 15 is 0 Å². The molecule has 0 aliphatic heterocycles. The lowest BCUT2D eigenvalue weighted by molar-refractivity contribution is 0.0967. The molecule has 1 aromatic carbocycles. The Morgan fingerprint density at radius 1 is 1.59 bits per heavy atom. The van der Waals surface area contributed by atoms with Crippen LogP contribution < -0.4 is 5.73 Å². The first-order valence-corrected chi connectivity index (χ1v) is 6.44. The summed E-state index contributed by atoms with van der Waals surface area (Å²) in [6.45, 7) is 0.558. The van der Waals surface area contributed by atoms with Crippen LogP contribution >= 0.6 is 27.5 Å². The maximum Gasteiger partial charge on any atom is 0.165 e. The summed E-state index contributed by atoms with van der Waals surface area (Å²) in [6.07, 6.45) is 0.946. The molecule has 1 aromatic rings. The van der Waals surface area contributed by atoms with Gasteiger partial charge in [-0.05, 0) is 24.6 Å². The molecule has 0 aliphatic rings. The van der Waals surface area contributed by atoms with Crippen molar-refractivity contribution in [3.8, 4) is 0 Å². The van der Waals surface area contributed by atoms with Gasteiger partial charge in [0.25, 0.3) is 0 Å². The van der Waals surface area contributed by atoms with Gasteiger partial charge in [-0.1, -0.05) is 27.5 Å². The average molecular weight is 321 g/mol. The van der Waals surface area contributed by atoms with Crippen molar-refractivity contribution in [1.29, 1.82) is 0 Å². The summed E-state index contributed by atoms with van der Waals surface area (Å²) in [5.41, 5.74) is 6.34. The van der Waals surface area contributed by atoms with E-state index in [0.29, 0.717) is 23.6 Å². The van der Waals surface area contributed by atoms with E-state index < -0.39 is 0 Å². The van der Waals surface area contributed by atoms with Crippen molar-refractivity contribution in [2.24, 2.45) is 5.73 Å². The minimum absolute atomic E-state index is 0.0360. The second-order valence-electron chi connectivity index (χ2n) is 3.79. The fourth-order valence-corrected chi connectivity index (χ4v) is 2.21. The number of ether oxygens (including phenoxy) is 1. The second-order valence-corrected chi connectivity index (χ2v) is 5.12. The number of nitrogens with two attached hydrogens (primary N) is 1. The fourth-order valence-electron chi connectivity index (χ4n) is 1.43. The zero-order chi connectivity index (χ0) is 12.8. The highest BCUT2D eigenvalue weighted by molar-refractivity contribution is 9.10. The van der Waals surface area contributed by atoms with Gasteiger partial charge in [0.05, 0.1) is 5.02 Å². The maximum absolute atomic E-state index is 11.9. The van der Waals surface area contributed by atoms with E-state index in [4.69, 9.17) is 22.1 Å². The number of ketones is 1. The van der Waals surface area contributed by atoms with Gasteiger partial charge in [-0.25, -0.2) is 0 Å². The van der Waals surface area contributed by atoms with Crippen molar-refractivity contribution in [2.75, 3.05) is 13.7 Å². The van der Waals surface area contributed by atoms with Crippen LogP contribution in [0.15, 0.2) is 22.7 Å². The summed E-state index contributed by atoms with van der Waals surface area (Å²) >= 11 is 9.29. The third-order valence-electron chi connectivity index (χ3n) is 2.37. The van der Waals surface area contributed by atoms with Gasteiger partial charge >= 0.3 is 0 Å². The molecule has 5 heteroatoms. The molecular weight excluding hydrogens is 305 g/mol. The normalized spacial score (nSPS) is 12.5. The predicted molar refractivity (Wildman–Crippen MR) is 72.6 cm³/mol. The lowest BCUT2D eigenvalue weighted by Crippen LogP contribution is -2.25. The van der Waals surface area contributed by atoms with Crippen molar-refractivity contribution >= 4 is 33.3 Å². The number of halogens is 2. The zero-order valence-corrected chi connectivity index (χ0v) is 11.9. The van der Waals surface area contributed by atoms with Crippen molar-refractivity contribution in [3.05, 3.63) is 33.3 Å². The maximum atomic E-state index is 11.9. The summed E-state index contributed by atoms with van der Waals surface area (Å²) in [5, 5.41) is 0.448. The summed E-state index contributed by atoms with van der Waals surface area (Å²) in [6, 6.07) is 5.01. The summed E-state index contributed by atoms with van der Waals surface area (Å²) in [4.78, 5) is 11.9. The van der Waals surface area contributed by atoms with Crippen LogP contribution in [-0.2, 0) is 4.74 Å². The van der Waals surface area contributed by atoms with Gasteiger partial charge in [-0.15, -0.1) is 0 Å². The first-order chi connectivity index (χ1) is 8.04. The Kier molecular flexibility index (Phi) is 6.12. The fraction of sp³-hybridized carbons (Fsp3) is 0.417. The highest BCUT2D eigenvalue weighted by atomic mass is 79.9. The molecular formula is C12H15BrClNO2. The Hall–Kier alpha value is -0.420. The Morgan fingerprint density at radius 2 is 2.29 bits per heavy atom. The molecule has 0 spiro atoms. The van der Waals surface area contributed by atoms with Gasteiger partial charge in [-0.3, -0.25) is 4.79 Å². The molecule has 0 aromatic heterocycles. The highest BCUT2D eigenvalue weighted by Crippen LogP contribution is 2.22. The number of Topliss-reactive ketones (excluding diaryl/α,β-unsaturated/α-hetero) is 1. The van der Waals surface area contributed by atoms with E-state index in [0.717, 1.165) is 4.47 Å². The van der Waals surface area contributed by atoms with Gasteiger partial charge in [0, 0.05) is 36.2 Å². The molecule has 1 atom stereocenters. The standard InChI is InChI=1S/C12H15BrClNO2/c1-17-5-4-9(15)7-12(16)10-3-2-8(13)6-11(10)14/h2-3,6,9H,4-5,7,15H2,1H3. The molecule has 0 heterocycles. The Bertz CT molecular complexity index is 398. The molecule has 0 fully saturated rings. The molecule has 0 aliphatic carbocycles. The van der Waals surface area contributed by atoms with Crippen LogP contribution in [0, 0.1) is 0 Å². The van der Waals surface area contributed by atoms with Gasteiger partial charge in [0.15, 0.2) is 5.78 Å². The van der Waals surface area contributed by atoms with Crippen LogP contribution in [0.2, 0.25) is 5.02 Å². The topological polar surface area (TPSA) is 52.3 Å². The largest absolute Gasteiger partial charge is 0.385 e. The number of benzene rings is 1. The van der Waals surface area contributed by atoms with Crippen LogP contribution in [0.1, 0.15) is 23.2 Å². The molecule has 0 saturated carbocycles. The van der Waals surface area contributed by atoms with Crippen molar-refractivity contribution in [1.82, 2.24) is 0 Å². The van der Waals surface area contributed by atoms with Crippen LogP contribution in [0.5, 0.6) is 0 Å². The van der Waals surface area contributed by atoms with Crippen LogP contribution in [0.3, 0.4) is 0 Å². The quantitative estimate of drug-likeness (QED) is 0.820. The van der Waals surface area contributed by atoms with Gasteiger partial charge in [0.2, 0.25) is 0 Å². The van der Waals surface area contributed by atoms with Crippen molar-refractivity contribution in [2.45, 2.75) is 18.9 Å². The Labute approximate surface area is 114 Å². The SMILES string of the molecule is COCCC(N)CC(=O)c1ccc(Br)cc1Cl. The van der Waals surface area contributed by atoms with Crippen LogP contribution in [0.4, 0.5) is 0 Å². The van der Waals surface area contributed by atoms with E-state index in [1.807, 2.05) is 0 Å². The molecule has 1 unspecified atom stereocenters. The molecule has 94 valence electrons. The number of methoxy groups -OCH3 is 1. The van der Waals surface area contributed by atoms with Gasteiger partial charge in [-0.2, -0.15) is 0 Å². The third kappa shape index (κ3) is 4.76. The third-order valence-corrected chi connectivity index (χ3v) is 3.18. The van der Waals surface area contributed by atoms with Crippen molar-refractivity contribution in [3.63, 3.8) is 0 Å². The van der Waals surface area contributed by atoms with Crippen LogP contribution in [0.25, 0.3) is 0 Å². The lowest BCUT2D eigenvalue weighted by Gasteiger charge is -2.10. The summed E-state index contributed by atoms with van der Waals surface area (Å²) < 4.78 is 5.77. The van der Waals surface area contributed by atoms with E-state index in [-0.39, 0.29) is 18.2 Å². The summed E-state index contributed by atoms with van der Waals surface area (Å²) in [5.74, 6) is -0.0360. The number of carbonyl (C=O) groups is 1. The molecule has 17 heavy (non-hydrogen) atoms. The number of hydrogen-bond acceptors (Lipinski definition) is 3. The van der Waals surface area contributed by atoms with E-state index in [2.05, 4.69) is 15.9 Å². The Balaban J connectivity index is 2.63. The first-order valence-electron chi connectivity index (χ1n) is 5.27. The van der Waals surface area contributed by atoms with E-state index in [1.165, 1.54) is 0 Å². The zero-order valence-electron chi connectivity index (χ0n) is 9.58. The minimum Gasteiger partial charge on any atom is -0.385 e. The molecule has 0 saturated heterocycles. The molecule has 0 radical (unpaired) electrons. The predicted octanol–water partition coefficient (Wildman–Crippen LogP) is 3.04. The lowest BCUT2D eigenvalue weighted by atomic mass is 10.0. The second kappa shape index (κ2) is 7.11. The van der Waals surface area contributed by atoms with Gasteiger partial charge < -0.3 is 10.5 Å². The minimum atomic E-state index is -0.192. The number of rotatable bonds is 6. The first kappa shape index (κ1) is 14.6. The smallest absolute Gasteiger partial charge is 0.165 e. The van der Waals surface area contributed by atoms with Gasteiger partial charge in [0.1, 0.15) is 0 Å². The molecule has 2 N–H and O–H groups in total. The average Bonchev–Trinajstić information content (AvgIpc) is 2.26.